The van der Waals surface area contributed by atoms with Crippen LogP contribution in [0.3, 0.4) is 0 Å². The molecule has 0 aromatic rings. The van der Waals surface area contributed by atoms with Crippen LogP contribution in [0, 0.1) is 11.8 Å². The fourth-order valence-corrected chi connectivity index (χ4v) is 0.616. The number of hydrogen-bond donors (Lipinski definition) is 1. The Balaban J connectivity index is 3.17. The second-order valence-corrected chi connectivity index (χ2v) is 3.69. The van der Waals surface area contributed by atoms with Gasteiger partial charge >= 0.3 is 0 Å². The Hall–Kier alpha value is -0.530. The van der Waals surface area contributed by atoms with E-state index in [9.17, 15) is 0 Å². The minimum atomic E-state index is 0.659. The van der Waals surface area contributed by atoms with Crippen LogP contribution in [0.25, 0.3) is 0 Å². The molecule has 0 aliphatic carbocycles. The highest BCUT2D eigenvalue weighted by Gasteiger charge is 1.89. The molecule has 0 aliphatic heterocycles. The molecule has 0 saturated carbocycles. The van der Waals surface area contributed by atoms with E-state index in [2.05, 4.69) is 38.0 Å². The van der Waals surface area contributed by atoms with E-state index in [0.29, 0.717) is 11.8 Å². The highest BCUT2D eigenvalue weighted by molar-refractivity contribution is 5.53. The Bertz CT molecular complexity index is 106. The van der Waals surface area contributed by atoms with E-state index in [1.807, 2.05) is 6.34 Å². The van der Waals surface area contributed by atoms with E-state index >= 15 is 0 Å². The van der Waals surface area contributed by atoms with Crippen molar-refractivity contribution < 1.29 is 0 Å². The molecule has 2 nitrogen and oxygen atoms in total. The van der Waals surface area contributed by atoms with Gasteiger partial charge in [0.2, 0.25) is 0 Å². The van der Waals surface area contributed by atoms with Gasteiger partial charge in [0, 0.05) is 13.1 Å². The summed E-state index contributed by atoms with van der Waals surface area (Å²) in [6.45, 7) is 10.6. The van der Waals surface area contributed by atoms with E-state index in [1.165, 1.54) is 0 Å². The molecule has 11 heavy (non-hydrogen) atoms. The third-order valence-corrected chi connectivity index (χ3v) is 1.18. The van der Waals surface area contributed by atoms with Gasteiger partial charge in [0.1, 0.15) is 0 Å². The summed E-state index contributed by atoms with van der Waals surface area (Å²) in [6, 6.07) is 0. The Morgan fingerprint density at radius 2 is 1.82 bits per heavy atom. The predicted octanol–water partition coefficient (Wildman–Crippen LogP) is 1.92. The van der Waals surface area contributed by atoms with Gasteiger partial charge in [0.15, 0.2) is 0 Å². The third-order valence-electron chi connectivity index (χ3n) is 1.18. The molecule has 0 rings (SSSR count). The maximum absolute atomic E-state index is 4.21. The molecule has 0 spiro atoms. The number of hydrogen-bond acceptors (Lipinski definition) is 1. The van der Waals surface area contributed by atoms with Crippen LogP contribution in [-0.4, -0.2) is 19.4 Å². The molecule has 66 valence electrons. The summed E-state index contributed by atoms with van der Waals surface area (Å²) < 4.78 is 0. The second-order valence-electron chi connectivity index (χ2n) is 3.69. The van der Waals surface area contributed by atoms with Crippen molar-refractivity contribution >= 4 is 6.34 Å². The summed E-state index contributed by atoms with van der Waals surface area (Å²) in [4.78, 5) is 4.21. The average molecular weight is 156 g/mol. The lowest BCUT2D eigenvalue weighted by molar-refractivity contribution is 0.623. The Labute approximate surface area is 70.1 Å². The Morgan fingerprint density at radius 3 is 2.27 bits per heavy atom. The van der Waals surface area contributed by atoms with E-state index in [-0.39, 0.29) is 0 Å². The lowest BCUT2D eigenvalue weighted by Gasteiger charge is -2.03. The highest BCUT2D eigenvalue weighted by atomic mass is 14.9. The SMILES string of the molecule is CC(C)CN=CNCC(C)C. The largest absolute Gasteiger partial charge is 0.376 e. The molecule has 0 amide bonds. The van der Waals surface area contributed by atoms with Crippen LogP contribution in [0.1, 0.15) is 27.7 Å². The van der Waals surface area contributed by atoms with Gasteiger partial charge in [-0.3, -0.25) is 4.99 Å². The molecule has 0 radical (unpaired) electrons. The van der Waals surface area contributed by atoms with Crippen LogP contribution in [-0.2, 0) is 0 Å². The summed E-state index contributed by atoms with van der Waals surface area (Å²) in [5.41, 5.74) is 0. The number of nitrogens with zero attached hydrogens (tertiary/aromatic N) is 1. The van der Waals surface area contributed by atoms with Crippen molar-refractivity contribution in [2.24, 2.45) is 16.8 Å². The van der Waals surface area contributed by atoms with Crippen LogP contribution in [0.4, 0.5) is 0 Å². The zero-order chi connectivity index (χ0) is 8.69. The molecular formula is C9H20N2. The van der Waals surface area contributed by atoms with Crippen molar-refractivity contribution in [2.75, 3.05) is 13.1 Å². The zero-order valence-electron chi connectivity index (χ0n) is 8.09. The maximum Gasteiger partial charge on any atom is 0.0824 e. The number of nitrogens with one attached hydrogen (secondary N) is 1. The van der Waals surface area contributed by atoms with Crippen LogP contribution >= 0.6 is 0 Å². The summed E-state index contributed by atoms with van der Waals surface area (Å²) in [6.07, 6.45) is 1.82. The summed E-state index contributed by atoms with van der Waals surface area (Å²) >= 11 is 0. The predicted molar refractivity (Wildman–Crippen MR) is 51.0 cm³/mol. The minimum Gasteiger partial charge on any atom is -0.376 e. The van der Waals surface area contributed by atoms with Crippen molar-refractivity contribution in [3.05, 3.63) is 0 Å². The molecule has 0 unspecified atom stereocenters. The van der Waals surface area contributed by atoms with E-state index in [1.54, 1.807) is 0 Å². The van der Waals surface area contributed by atoms with Gasteiger partial charge in [-0.2, -0.15) is 0 Å². The van der Waals surface area contributed by atoms with Crippen molar-refractivity contribution in [3.8, 4) is 0 Å². The monoisotopic (exact) mass is 156 g/mol. The fraction of sp³-hybridized carbons (Fsp3) is 0.889. The summed E-state index contributed by atoms with van der Waals surface area (Å²) in [5, 5.41) is 3.15. The van der Waals surface area contributed by atoms with Gasteiger partial charge < -0.3 is 5.32 Å². The highest BCUT2D eigenvalue weighted by Crippen LogP contribution is 1.89. The second kappa shape index (κ2) is 6.20. The standard InChI is InChI=1S/C9H20N2/c1-8(2)5-10-7-11-6-9(3)4/h7-9H,5-6H2,1-4H3,(H,10,11). The lowest BCUT2D eigenvalue weighted by atomic mass is 10.2. The van der Waals surface area contributed by atoms with E-state index in [0.717, 1.165) is 13.1 Å². The van der Waals surface area contributed by atoms with Gasteiger partial charge in [0.25, 0.3) is 0 Å². The molecule has 2 heteroatoms. The van der Waals surface area contributed by atoms with Crippen LogP contribution in [0.15, 0.2) is 4.99 Å². The fourth-order valence-electron chi connectivity index (χ4n) is 0.616. The molecule has 0 atom stereocenters. The maximum atomic E-state index is 4.21. The lowest BCUT2D eigenvalue weighted by Crippen LogP contribution is -2.17. The molecule has 1 N–H and O–H groups in total. The summed E-state index contributed by atoms with van der Waals surface area (Å²) in [7, 11) is 0. The molecule has 0 aromatic heterocycles. The summed E-state index contributed by atoms with van der Waals surface area (Å²) in [5.74, 6) is 1.35. The molecule has 0 fully saturated rings. The smallest absolute Gasteiger partial charge is 0.0824 e. The first-order valence-corrected chi connectivity index (χ1v) is 4.34. The first-order valence-electron chi connectivity index (χ1n) is 4.34. The van der Waals surface area contributed by atoms with Gasteiger partial charge in [0.05, 0.1) is 6.34 Å². The zero-order valence-corrected chi connectivity index (χ0v) is 8.09. The Morgan fingerprint density at radius 1 is 1.18 bits per heavy atom. The normalized spacial score (nSPS) is 11.8. The number of aliphatic imine (C=N–C) groups is 1. The van der Waals surface area contributed by atoms with E-state index in [4.69, 9.17) is 0 Å². The minimum absolute atomic E-state index is 0.659. The van der Waals surface area contributed by atoms with Crippen LogP contribution in [0.2, 0.25) is 0 Å². The Kier molecular flexibility index (Phi) is 5.90. The number of rotatable bonds is 5. The van der Waals surface area contributed by atoms with Crippen LogP contribution < -0.4 is 5.32 Å². The quantitative estimate of drug-likeness (QED) is 0.477. The molecule has 0 heterocycles. The van der Waals surface area contributed by atoms with Crippen molar-refractivity contribution in [2.45, 2.75) is 27.7 Å². The first kappa shape index (κ1) is 10.5. The van der Waals surface area contributed by atoms with Gasteiger partial charge in [-0.1, -0.05) is 27.7 Å². The molecule has 0 saturated heterocycles. The third kappa shape index (κ3) is 9.47. The molecular weight excluding hydrogens is 136 g/mol. The van der Waals surface area contributed by atoms with Crippen molar-refractivity contribution in [3.63, 3.8) is 0 Å². The van der Waals surface area contributed by atoms with Gasteiger partial charge in [-0.15, -0.1) is 0 Å². The average Bonchev–Trinajstić information content (AvgIpc) is 1.85. The topological polar surface area (TPSA) is 24.4 Å². The van der Waals surface area contributed by atoms with Crippen molar-refractivity contribution in [1.82, 2.24) is 5.32 Å². The molecule has 0 aromatic carbocycles. The van der Waals surface area contributed by atoms with Crippen molar-refractivity contribution in [1.29, 1.82) is 0 Å². The van der Waals surface area contributed by atoms with Gasteiger partial charge in [-0.25, -0.2) is 0 Å². The van der Waals surface area contributed by atoms with Gasteiger partial charge in [-0.05, 0) is 11.8 Å². The first-order chi connectivity index (χ1) is 5.13. The molecule has 0 aliphatic rings. The molecule has 0 bridgehead atoms. The van der Waals surface area contributed by atoms with E-state index < -0.39 is 0 Å². The van der Waals surface area contributed by atoms with Crippen LogP contribution in [0.5, 0.6) is 0 Å².